The molecule has 11 nitrogen and oxygen atoms in total. The lowest BCUT2D eigenvalue weighted by Crippen LogP contribution is -2.19. The van der Waals surface area contributed by atoms with Crippen LogP contribution in [0, 0.1) is 20.2 Å². The molecule has 11 heteroatoms. The van der Waals surface area contributed by atoms with Crippen molar-refractivity contribution in [2.45, 2.75) is 6.42 Å². The highest BCUT2D eigenvalue weighted by Gasteiger charge is 2.31. The molecule has 0 bridgehead atoms. The number of nitro groups is 2. The van der Waals surface area contributed by atoms with Crippen LogP contribution in [0.15, 0.2) is 54.9 Å². The van der Waals surface area contributed by atoms with E-state index in [1.54, 1.807) is 4.90 Å². The number of rotatable bonds is 6. The molecule has 0 radical (unpaired) electrons. The second-order valence-electron chi connectivity index (χ2n) is 6.24. The molecule has 4 rings (SSSR count). The quantitative estimate of drug-likeness (QED) is 0.476. The number of anilines is 4. The van der Waals surface area contributed by atoms with Gasteiger partial charge in [0.2, 0.25) is 11.6 Å². The van der Waals surface area contributed by atoms with E-state index in [1.165, 1.54) is 30.6 Å². The van der Waals surface area contributed by atoms with E-state index < -0.39 is 9.85 Å². The van der Waals surface area contributed by atoms with Crippen molar-refractivity contribution in [2.24, 2.45) is 0 Å². The van der Waals surface area contributed by atoms with Crippen molar-refractivity contribution < 1.29 is 9.85 Å². The predicted molar refractivity (Wildman–Crippen MR) is 106 cm³/mol. The molecule has 0 atom stereocenters. The van der Waals surface area contributed by atoms with Crippen LogP contribution < -0.4 is 15.8 Å². The molecular formula is C18H15N7O4. The van der Waals surface area contributed by atoms with Crippen LogP contribution in [-0.2, 0) is 6.42 Å². The van der Waals surface area contributed by atoms with E-state index in [4.69, 9.17) is 0 Å². The summed E-state index contributed by atoms with van der Waals surface area (Å²) >= 11 is 0. The van der Waals surface area contributed by atoms with Crippen molar-refractivity contribution in [2.75, 3.05) is 22.3 Å². The van der Waals surface area contributed by atoms with Gasteiger partial charge in [0.15, 0.2) is 0 Å². The number of benzene rings is 2. The summed E-state index contributed by atoms with van der Waals surface area (Å²) in [5.74, 6) is 0.186. The van der Waals surface area contributed by atoms with Gasteiger partial charge in [0, 0.05) is 24.4 Å². The first-order valence-electron chi connectivity index (χ1n) is 8.66. The first-order valence-corrected chi connectivity index (χ1v) is 8.66. The van der Waals surface area contributed by atoms with Crippen molar-refractivity contribution in [1.29, 1.82) is 0 Å². The molecule has 0 saturated heterocycles. The highest BCUT2D eigenvalue weighted by atomic mass is 16.6. The molecular weight excluding hydrogens is 378 g/mol. The number of para-hydroxylation sites is 1. The molecule has 2 heterocycles. The van der Waals surface area contributed by atoms with Gasteiger partial charge in [-0.05, 0) is 30.2 Å². The van der Waals surface area contributed by atoms with E-state index in [0.717, 1.165) is 17.7 Å². The van der Waals surface area contributed by atoms with Gasteiger partial charge >= 0.3 is 5.69 Å². The zero-order chi connectivity index (χ0) is 20.4. The predicted octanol–water partition coefficient (Wildman–Crippen LogP) is 3.43. The Balaban J connectivity index is 1.62. The summed E-state index contributed by atoms with van der Waals surface area (Å²) in [7, 11) is 0. The van der Waals surface area contributed by atoms with E-state index in [2.05, 4.69) is 20.8 Å². The zero-order valence-electron chi connectivity index (χ0n) is 15.0. The van der Waals surface area contributed by atoms with Crippen LogP contribution in [0.2, 0.25) is 0 Å². The molecule has 0 fully saturated rings. The fourth-order valence-electron chi connectivity index (χ4n) is 3.18. The molecule has 2 aromatic carbocycles. The number of hydrogen-bond acceptors (Lipinski definition) is 9. The lowest BCUT2D eigenvalue weighted by Gasteiger charge is -2.19. The van der Waals surface area contributed by atoms with Crippen LogP contribution in [0.3, 0.4) is 0 Å². The minimum Gasteiger partial charge on any atom is -0.320 e. The van der Waals surface area contributed by atoms with Crippen molar-refractivity contribution in [3.8, 4) is 0 Å². The van der Waals surface area contributed by atoms with Crippen LogP contribution in [0.25, 0.3) is 0 Å². The van der Waals surface area contributed by atoms with Crippen LogP contribution in [0.4, 0.5) is 34.4 Å². The van der Waals surface area contributed by atoms with Gasteiger partial charge in [-0.1, -0.05) is 18.2 Å². The number of nitrogens with one attached hydrogen (secondary N) is 2. The second-order valence-corrected chi connectivity index (χ2v) is 6.24. The SMILES string of the molecule is O=[N+]([O-])c1ccc(NNc2ncnc(N3CCc4ccccc43)c2[N+](=O)[O-])cc1. The molecule has 29 heavy (non-hydrogen) atoms. The van der Waals surface area contributed by atoms with E-state index in [9.17, 15) is 20.2 Å². The standard InChI is InChI=1S/C18H15N7O4/c26-24(27)14-7-5-13(6-8-14)21-22-17-16(25(28)29)18(20-11-19-17)23-10-9-12-3-1-2-4-15(12)23/h1-8,11,21H,9-10H2,(H,19,20,22). The van der Waals surface area contributed by atoms with Crippen LogP contribution >= 0.6 is 0 Å². The van der Waals surface area contributed by atoms with Crippen LogP contribution in [0.5, 0.6) is 0 Å². The molecule has 1 aliphatic rings. The summed E-state index contributed by atoms with van der Waals surface area (Å²) < 4.78 is 0. The number of fused-ring (bicyclic) bond motifs is 1. The van der Waals surface area contributed by atoms with Crippen molar-refractivity contribution >= 4 is 34.4 Å². The summed E-state index contributed by atoms with van der Waals surface area (Å²) in [5.41, 5.74) is 7.62. The smallest absolute Gasteiger partial charge is 0.320 e. The normalized spacial score (nSPS) is 12.3. The Bertz CT molecular complexity index is 1090. The molecule has 1 aliphatic heterocycles. The summed E-state index contributed by atoms with van der Waals surface area (Å²) in [4.78, 5) is 31.4. The van der Waals surface area contributed by atoms with E-state index >= 15 is 0 Å². The number of nitro benzene ring substituents is 1. The average molecular weight is 393 g/mol. The van der Waals surface area contributed by atoms with Crippen molar-refractivity contribution in [3.05, 3.63) is 80.7 Å². The monoisotopic (exact) mass is 393 g/mol. The summed E-state index contributed by atoms with van der Waals surface area (Å²) in [5, 5.41) is 22.5. The number of non-ortho nitro benzene ring substituents is 1. The molecule has 3 aromatic rings. The average Bonchev–Trinajstić information content (AvgIpc) is 3.16. The third-order valence-electron chi connectivity index (χ3n) is 4.53. The number of hydrogen-bond donors (Lipinski definition) is 2. The Morgan fingerprint density at radius 1 is 0.931 bits per heavy atom. The van der Waals surface area contributed by atoms with E-state index in [0.29, 0.717) is 12.2 Å². The Hall–Kier alpha value is -4.28. The van der Waals surface area contributed by atoms with E-state index in [-0.39, 0.29) is 23.0 Å². The largest absolute Gasteiger partial charge is 0.355 e. The minimum atomic E-state index is -0.532. The Kier molecular flexibility index (Phi) is 4.61. The number of nitrogens with zero attached hydrogens (tertiary/aromatic N) is 5. The van der Waals surface area contributed by atoms with Gasteiger partial charge in [0.05, 0.1) is 15.5 Å². The molecule has 0 unspecified atom stereocenters. The second kappa shape index (κ2) is 7.38. The summed E-state index contributed by atoms with van der Waals surface area (Å²) in [6.45, 7) is 0.576. The van der Waals surface area contributed by atoms with Crippen molar-refractivity contribution in [3.63, 3.8) is 0 Å². The molecule has 146 valence electrons. The number of hydrazine groups is 1. The van der Waals surface area contributed by atoms with Gasteiger partial charge < -0.3 is 4.90 Å². The van der Waals surface area contributed by atoms with Gasteiger partial charge in [-0.25, -0.2) is 9.97 Å². The molecule has 0 amide bonds. The minimum absolute atomic E-state index is 0.0114. The van der Waals surface area contributed by atoms with Gasteiger partial charge in [-0.3, -0.25) is 31.1 Å². The Morgan fingerprint density at radius 2 is 1.69 bits per heavy atom. The molecule has 0 aliphatic carbocycles. The molecule has 0 saturated carbocycles. The molecule has 1 aromatic heterocycles. The third kappa shape index (κ3) is 3.48. The lowest BCUT2D eigenvalue weighted by atomic mass is 10.2. The lowest BCUT2D eigenvalue weighted by molar-refractivity contribution is -0.384. The van der Waals surface area contributed by atoms with Gasteiger partial charge in [-0.15, -0.1) is 0 Å². The third-order valence-corrected chi connectivity index (χ3v) is 4.53. The number of aromatic nitrogens is 2. The van der Waals surface area contributed by atoms with Gasteiger partial charge in [0.1, 0.15) is 6.33 Å². The Morgan fingerprint density at radius 3 is 2.41 bits per heavy atom. The highest BCUT2D eigenvalue weighted by Crippen LogP contribution is 2.40. The van der Waals surface area contributed by atoms with Crippen LogP contribution in [-0.4, -0.2) is 26.4 Å². The fraction of sp³-hybridized carbons (Fsp3) is 0.111. The summed E-state index contributed by atoms with van der Waals surface area (Å²) in [6.07, 6.45) is 2.02. The van der Waals surface area contributed by atoms with Gasteiger partial charge in [0.25, 0.3) is 5.69 Å². The zero-order valence-corrected chi connectivity index (χ0v) is 15.0. The van der Waals surface area contributed by atoms with Crippen molar-refractivity contribution in [1.82, 2.24) is 9.97 Å². The maximum Gasteiger partial charge on any atom is 0.355 e. The van der Waals surface area contributed by atoms with Gasteiger partial charge in [-0.2, -0.15) is 0 Å². The Labute approximate surface area is 164 Å². The molecule has 0 spiro atoms. The first-order chi connectivity index (χ1) is 14.0. The summed E-state index contributed by atoms with van der Waals surface area (Å²) in [6, 6.07) is 13.3. The van der Waals surface area contributed by atoms with E-state index in [1.807, 2.05) is 24.3 Å². The highest BCUT2D eigenvalue weighted by molar-refractivity contribution is 5.78. The topological polar surface area (TPSA) is 139 Å². The maximum atomic E-state index is 11.8. The van der Waals surface area contributed by atoms with Crippen LogP contribution in [0.1, 0.15) is 5.56 Å². The fourth-order valence-corrected chi connectivity index (χ4v) is 3.18. The first kappa shape index (κ1) is 18.1. The molecule has 2 N–H and O–H groups in total. The maximum absolute atomic E-state index is 11.8.